The first-order chi connectivity index (χ1) is 10.8. The smallest absolute Gasteiger partial charge is 0.338 e. The van der Waals surface area contributed by atoms with Gasteiger partial charge in [-0.2, -0.15) is 0 Å². The van der Waals surface area contributed by atoms with Crippen molar-refractivity contribution in [2.24, 2.45) is 0 Å². The second-order valence-corrected chi connectivity index (χ2v) is 5.28. The summed E-state index contributed by atoms with van der Waals surface area (Å²) in [5, 5.41) is 0. The van der Waals surface area contributed by atoms with E-state index in [0.717, 1.165) is 28.7 Å². The third kappa shape index (κ3) is 2.95. The highest BCUT2D eigenvalue weighted by atomic mass is 16.5. The average molecular weight is 294 g/mol. The van der Waals surface area contributed by atoms with Gasteiger partial charge in [-0.15, -0.1) is 6.58 Å². The van der Waals surface area contributed by atoms with Crippen LogP contribution in [0.3, 0.4) is 0 Å². The highest BCUT2D eigenvalue weighted by molar-refractivity contribution is 5.94. The van der Waals surface area contributed by atoms with E-state index in [1.807, 2.05) is 48.5 Å². The van der Waals surface area contributed by atoms with E-state index < -0.39 is 0 Å². The van der Waals surface area contributed by atoms with Gasteiger partial charge in [0.05, 0.1) is 18.8 Å². The Balaban J connectivity index is 1.79. The van der Waals surface area contributed by atoms with Gasteiger partial charge in [0.15, 0.2) is 0 Å². The van der Waals surface area contributed by atoms with E-state index >= 15 is 0 Å². The summed E-state index contributed by atoms with van der Waals surface area (Å²) < 4.78 is 11.0. The predicted octanol–water partition coefficient (Wildman–Crippen LogP) is 3.80. The predicted molar refractivity (Wildman–Crippen MR) is 84.4 cm³/mol. The summed E-state index contributed by atoms with van der Waals surface area (Å²) in [6, 6.07) is 13.8. The number of fused-ring (bicyclic) bond motifs is 1. The van der Waals surface area contributed by atoms with Gasteiger partial charge >= 0.3 is 5.97 Å². The molecule has 2 aromatic carbocycles. The number of rotatable bonds is 6. The van der Waals surface area contributed by atoms with Crippen molar-refractivity contribution in [3.8, 4) is 0 Å². The minimum Gasteiger partial charge on any atom is -0.457 e. The fourth-order valence-electron chi connectivity index (χ4n) is 2.68. The van der Waals surface area contributed by atoms with Crippen LogP contribution in [0.5, 0.6) is 0 Å². The monoisotopic (exact) mass is 294 g/mol. The van der Waals surface area contributed by atoms with Crippen LogP contribution in [0.1, 0.15) is 32.6 Å². The molecule has 0 radical (unpaired) electrons. The van der Waals surface area contributed by atoms with Gasteiger partial charge in [-0.25, -0.2) is 4.79 Å². The summed E-state index contributed by atoms with van der Waals surface area (Å²) in [5.41, 5.74) is 4.94. The summed E-state index contributed by atoms with van der Waals surface area (Å²) in [6.45, 7) is 5.15. The number of benzene rings is 2. The van der Waals surface area contributed by atoms with Crippen molar-refractivity contribution in [3.63, 3.8) is 0 Å². The summed E-state index contributed by atoms with van der Waals surface area (Å²) >= 11 is 0. The van der Waals surface area contributed by atoms with E-state index in [2.05, 4.69) is 6.58 Å². The molecule has 3 nitrogen and oxygen atoms in total. The number of allylic oxidation sites excluding steroid dienone is 1. The maximum atomic E-state index is 11.7. The van der Waals surface area contributed by atoms with Crippen molar-refractivity contribution in [1.29, 1.82) is 0 Å². The molecule has 0 saturated carbocycles. The molecule has 2 aromatic rings. The summed E-state index contributed by atoms with van der Waals surface area (Å²) in [4.78, 5) is 11.7. The number of hydrogen-bond acceptors (Lipinski definition) is 3. The molecule has 112 valence electrons. The largest absolute Gasteiger partial charge is 0.457 e. The van der Waals surface area contributed by atoms with Crippen LogP contribution < -0.4 is 0 Å². The normalized spacial score (nSPS) is 12.8. The quantitative estimate of drug-likeness (QED) is 0.600. The molecule has 3 heteroatoms. The summed E-state index contributed by atoms with van der Waals surface area (Å²) in [7, 11) is 0. The van der Waals surface area contributed by atoms with Gasteiger partial charge in [-0.05, 0) is 29.2 Å². The Morgan fingerprint density at radius 3 is 2.73 bits per heavy atom. The second-order valence-electron chi connectivity index (χ2n) is 5.28. The molecule has 0 spiro atoms. The fourth-order valence-corrected chi connectivity index (χ4v) is 2.68. The zero-order valence-corrected chi connectivity index (χ0v) is 12.4. The number of esters is 1. The first kappa shape index (κ1) is 14.5. The molecule has 0 atom stereocenters. The lowest BCUT2D eigenvalue weighted by molar-refractivity contribution is 0.0532. The van der Waals surface area contributed by atoms with Crippen molar-refractivity contribution in [2.45, 2.75) is 26.2 Å². The maximum Gasteiger partial charge on any atom is 0.338 e. The van der Waals surface area contributed by atoms with E-state index in [9.17, 15) is 4.79 Å². The molecule has 1 aliphatic heterocycles. The van der Waals surface area contributed by atoms with E-state index in [1.54, 1.807) is 0 Å². The van der Waals surface area contributed by atoms with Crippen LogP contribution in [-0.4, -0.2) is 5.97 Å². The standard InChI is InChI=1S/C19H18O3/c1-2-6-15-9-10-16-18(13-22-19(16)20)17(15)12-21-11-14-7-4-3-5-8-14/h2-5,7-10H,1,6,11-13H2. The molecule has 0 aromatic heterocycles. The van der Waals surface area contributed by atoms with Gasteiger partial charge < -0.3 is 9.47 Å². The van der Waals surface area contributed by atoms with Crippen LogP contribution in [0, 0.1) is 0 Å². The number of hydrogen-bond donors (Lipinski definition) is 0. The molecule has 3 rings (SSSR count). The number of carbonyl (C=O) groups excluding carboxylic acids is 1. The Labute approximate surface area is 130 Å². The molecular weight excluding hydrogens is 276 g/mol. The average Bonchev–Trinajstić information content (AvgIpc) is 2.92. The van der Waals surface area contributed by atoms with Crippen molar-refractivity contribution in [3.05, 3.63) is 82.9 Å². The van der Waals surface area contributed by atoms with Gasteiger partial charge in [0.2, 0.25) is 0 Å². The van der Waals surface area contributed by atoms with Gasteiger partial charge in [-0.3, -0.25) is 0 Å². The van der Waals surface area contributed by atoms with E-state index in [0.29, 0.717) is 25.4 Å². The molecule has 0 amide bonds. The molecule has 1 aliphatic rings. The third-order valence-electron chi connectivity index (χ3n) is 3.82. The first-order valence-corrected chi connectivity index (χ1v) is 7.33. The first-order valence-electron chi connectivity index (χ1n) is 7.33. The van der Waals surface area contributed by atoms with Crippen molar-refractivity contribution >= 4 is 5.97 Å². The van der Waals surface area contributed by atoms with Crippen LogP contribution in [-0.2, 0) is 35.7 Å². The highest BCUT2D eigenvalue weighted by Gasteiger charge is 2.25. The van der Waals surface area contributed by atoms with E-state index in [-0.39, 0.29) is 5.97 Å². The van der Waals surface area contributed by atoms with Crippen LogP contribution in [0.25, 0.3) is 0 Å². The lowest BCUT2D eigenvalue weighted by Gasteiger charge is -2.12. The summed E-state index contributed by atoms with van der Waals surface area (Å²) in [5.74, 6) is -0.246. The van der Waals surface area contributed by atoms with Gasteiger partial charge in [-0.1, -0.05) is 42.5 Å². The zero-order valence-electron chi connectivity index (χ0n) is 12.4. The molecule has 0 fully saturated rings. The van der Waals surface area contributed by atoms with Crippen LogP contribution in [0.15, 0.2) is 55.1 Å². The minimum absolute atomic E-state index is 0.246. The van der Waals surface area contributed by atoms with Crippen LogP contribution in [0.2, 0.25) is 0 Å². The Bertz CT molecular complexity index is 689. The lowest BCUT2D eigenvalue weighted by Crippen LogP contribution is -2.04. The topological polar surface area (TPSA) is 35.5 Å². The van der Waals surface area contributed by atoms with Gasteiger partial charge in [0.1, 0.15) is 6.61 Å². The number of cyclic esters (lactones) is 1. The molecule has 0 unspecified atom stereocenters. The Hall–Kier alpha value is -2.39. The minimum atomic E-state index is -0.246. The second kappa shape index (κ2) is 6.58. The molecule has 1 heterocycles. The number of ether oxygens (including phenoxy) is 2. The van der Waals surface area contributed by atoms with Crippen LogP contribution >= 0.6 is 0 Å². The van der Waals surface area contributed by atoms with Crippen molar-refractivity contribution < 1.29 is 14.3 Å². The number of carbonyl (C=O) groups is 1. The fraction of sp³-hybridized carbons (Fsp3) is 0.211. The molecule has 0 N–H and O–H groups in total. The van der Waals surface area contributed by atoms with Gasteiger partial charge in [0.25, 0.3) is 0 Å². The third-order valence-corrected chi connectivity index (χ3v) is 3.82. The Kier molecular flexibility index (Phi) is 4.35. The maximum absolute atomic E-state index is 11.7. The van der Waals surface area contributed by atoms with E-state index in [1.165, 1.54) is 0 Å². The SMILES string of the molecule is C=CCc1ccc2c(c1COCc1ccccc1)COC2=O. The highest BCUT2D eigenvalue weighted by Crippen LogP contribution is 2.28. The molecule has 0 aliphatic carbocycles. The van der Waals surface area contributed by atoms with E-state index in [4.69, 9.17) is 9.47 Å². The molecular formula is C19H18O3. The van der Waals surface area contributed by atoms with Crippen molar-refractivity contribution in [2.75, 3.05) is 0 Å². The zero-order chi connectivity index (χ0) is 15.4. The van der Waals surface area contributed by atoms with Crippen LogP contribution in [0.4, 0.5) is 0 Å². The molecule has 0 saturated heterocycles. The van der Waals surface area contributed by atoms with Crippen molar-refractivity contribution in [1.82, 2.24) is 0 Å². The molecule has 22 heavy (non-hydrogen) atoms. The lowest BCUT2D eigenvalue weighted by atomic mass is 9.96. The van der Waals surface area contributed by atoms with Gasteiger partial charge in [0, 0.05) is 5.56 Å². The Morgan fingerprint density at radius 2 is 1.95 bits per heavy atom. The Morgan fingerprint density at radius 1 is 1.14 bits per heavy atom. The molecule has 0 bridgehead atoms. The summed E-state index contributed by atoms with van der Waals surface area (Å²) in [6.07, 6.45) is 2.62.